The SMILES string of the molecule is CCN[C@H](C)CNC(=O)CSC(C)C(=O)Nc1cc(C)on1.Cl. The molecule has 9 heteroatoms. The molecule has 0 aliphatic heterocycles. The van der Waals surface area contributed by atoms with Crippen LogP contribution in [0.4, 0.5) is 5.82 Å². The lowest BCUT2D eigenvalue weighted by Gasteiger charge is -2.14. The van der Waals surface area contributed by atoms with Gasteiger partial charge in [-0.05, 0) is 27.3 Å². The summed E-state index contributed by atoms with van der Waals surface area (Å²) in [6.07, 6.45) is 0. The minimum Gasteiger partial charge on any atom is -0.360 e. The fourth-order valence-corrected chi connectivity index (χ4v) is 2.38. The van der Waals surface area contributed by atoms with E-state index < -0.39 is 0 Å². The second kappa shape index (κ2) is 11.3. The van der Waals surface area contributed by atoms with Gasteiger partial charge >= 0.3 is 0 Å². The van der Waals surface area contributed by atoms with Crippen molar-refractivity contribution in [3.05, 3.63) is 11.8 Å². The molecule has 0 spiro atoms. The Bertz CT molecular complexity index is 498. The van der Waals surface area contributed by atoms with Gasteiger partial charge in [-0.15, -0.1) is 24.2 Å². The number of nitrogens with zero attached hydrogens (tertiary/aromatic N) is 1. The van der Waals surface area contributed by atoms with E-state index in [0.29, 0.717) is 18.1 Å². The van der Waals surface area contributed by atoms with Crippen LogP contribution < -0.4 is 16.0 Å². The average molecular weight is 365 g/mol. The summed E-state index contributed by atoms with van der Waals surface area (Å²) in [6.45, 7) is 8.97. The van der Waals surface area contributed by atoms with Crippen LogP contribution in [-0.2, 0) is 9.59 Å². The van der Waals surface area contributed by atoms with E-state index in [0.717, 1.165) is 6.54 Å². The number of thioether (sulfide) groups is 1. The first-order valence-electron chi connectivity index (χ1n) is 7.28. The van der Waals surface area contributed by atoms with Crippen LogP contribution in [0.25, 0.3) is 0 Å². The Morgan fingerprint density at radius 3 is 2.65 bits per heavy atom. The summed E-state index contributed by atoms with van der Waals surface area (Å²) in [4.78, 5) is 23.7. The molecule has 1 unspecified atom stereocenters. The van der Waals surface area contributed by atoms with Crippen LogP contribution in [0.15, 0.2) is 10.6 Å². The summed E-state index contributed by atoms with van der Waals surface area (Å²) in [7, 11) is 0. The van der Waals surface area contributed by atoms with Gasteiger partial charge in [-0.25, -0.2) is 0 Å². The van der Waals surface area contributed by atoms with E-state index in [2.05, 4.69) is 21.1 Å². The lowest BCUT2D eigenvalue weighted by molar-refractivity contribution is -0.118. The molecular weight excluding hydrogens is 340 g/mol. The maximum absolute atomic E-state index is 11.9. The number of carbonyl (C=O) groups excluding carboxylic acids is 2. The van der Waals surface area contributed by atoms with Crippen molar-refractivity contribution in [3.8, 4) is 0 Å². The van der Waals surface area contributed by atoms with Gasteiger partial charge in [-0.3, -0.25) is 9.59 Å². The van der Waals surface area contributed by atoms with Gasteiger partial charge in [-0.1, -0.05) is 12.1 Å². The van der Waals surface area contributed by atoms with Gasteiger partial charge in [0, 0.05) is 18.7 Å². The quantitative estimate of drug-likeness (QED) is 0.615. The van der Waals surface area contributed by atoms with Crippen LogP contribution in [0.1, 0.15) is 26.5 Å². The molecular formula is C14H25ClN4O3S. The van der Waals surface area contributed by atoms with Crippen LogP contribution in [0.3, 0.4) is 0 Å². The maximum Gasteiger partial charge on any atom is 0.238 e. The van der Waals surface area contributed by atoms with Gasteiger partial charge in [0.15, 0.2) is 5.82 Å². The van der Waals surface area contributed by atoms with Crippen molar-refractivity contribution >= 4 is 41.8 Å². The molecule has 0 aliphatic rings. The van der Waals surface area contributed by atoms with Crippen molar-refractivity contribution in [3.63, 3.8) is 0 Å². The highest BCUT2D eigenvalue weighted by atomic mass is 35.5. The van der Waals surface area contributed by atoms with Crippen molar-refractivity contribution in [1.29, 1.82) is 0 Å². The molecule has 2 atom stereocenters. The Morgan fingerprint density at radius 1 is 1.39 bits per heavy atom. The lowest BCUT2D eigenvalue weighted by atomic mass is 10.3. The molecule has 1 heterocycles. The number of hydrogen-bond acceptors (Lipinski definition) is 6. The first-order valence-corrected chi connectivity index (χ1v) is 8.33. The monoisotopic (exact) mass is 364 g/mol. The Labute approximate surface area is 147 Å². The van der Waals surface area contributed by atoms with Crippen molar-refractivity contribution in [2.75, 3.05) is 24.2 Å². The molecule has 3 N–H and O–H groups in total. The molecule has 132 valence electrons. The Morgan fingerprint density at radius 2 is 2.09 bits per heavy atom. The molecule has 23 heavy (non-hydrogen) atoms. The van der Waals surface area contributed by atoms with Crippen molar-refractivity contribution in [2.45, 2.75) is 39.0 Å². The van der Waals surface area contributed by atoms with Crippen LogP contribution in [0.2, 0.25) is 0 Å². The number of aryl methyl sites for hydroxylation is 1. The fraction of sp³-hybridized carbons (Fsp3) is 0.643. The number of nitrogens with one attached hydrogen (secondary N) is 3. The van der Waals surface area contributed by atoms with Crippen molar-refractivity contribution < 1.29 is 14.1 Å². The van der Waals surface area contributed by atoms with E-state index in [1.165, 1.54) is 11.8 Å². The van der Waals surface area contributed by atoms with E-state index in [1.54, 1.807) is 19.9 Å². The standard InChI is InChI=1S/C14H24N4O3S.ClH/c1-5-15-9(2)7-16-13(19)8-22-11(4)14(20)17-12-6-10(3)21-18-12;/h6,9,11,15H,5,7-8H2,1-4H3,(H,16,19)(H,17,18,20);1H/t9-,11?;/m1./s1. The van der Waals surface area contributed by atoms with Crippen LogP contribution >= 0.6 is 24.2 Å². The van der Waals surface area contributed by atoms with Gasteiger partial charge in [0.2, 0.25) is 11.8 Å². The molecule has 0 aromatic carbocycles. The molecule has 0 bridgehead atoms. The average Bonchev–Trinajstić information content (AvgIpc) is 2.88. The molecule has 0 saturated carbocycles. The number of likely N-dealkylation sites (N-methyl/N-ethyl adjacent to an activating group) is 1. The first-order chi connectivity index (χ1) is 10.4. The minimum atomic E-state index is -0.353. The smallest absolute Gasteiger partial charge is 0.238 e. The molecule has 0 saturated heterocycles. The highest BCUT2D eigenvalue weighted by Crippen LogP contribution is 2.14. The zero-order valence-corrected chi connectivity index (χ0v) is 15.5. The second-order valence-corrected chi connectivity index (χ2v) is 6.36. The minimum absolute atomic E-state index is 0. The summed E-state index contributed by atoms with van der Waals surface area (Å²) in [6, 6.07) is 1.87. The number of hydrogen-bond donors (Lipinski definition) is 3. The predicted octanol–water partition coefficient (Wildman–Crippen LogP) is 1.58. The summed E-state index contributed by atoms with van der Waals surface area (Å²) in [5.41, 5.74) is 0. The molecule has 2 amide bonds. The molecule has 0 fully saturated rings. The zero-order valence-electron chi connectivity index (χ0n) is 13.8. The lowest BCUT2D eigenvalue weighted by Crippen LogP contribution is -2.39. The van der Waals surface area contributed by atoms with Crippen molar-refractivity contribution in [1.82, 2.24) is 15.8 Å². The van der Waals surface area contributed by atoms with Gasteiger partial charge in [0.1, 0.15) is 5.76 Å². The molecule has 1 aromatic rings. The normalized spacial score (nSPS) is 12.9. The number of carbonyl (C=O) groups is 2. The summed E-state index contributed by atoms with van der Waals surface area (Å²) < 4.78 is 4.88. The fourth-order valence-electron chi connectivity index (χ4n) is 1.67. The first kappa shape index (κ1) is 21.8. The van der Waals surface area contributed by atoms with E-state index in [-0.39, 0.29) is 41.3 Å². The number of amides is 2. The molecule has 0 radical (unpaired) electrons. The van der Waals surface area contributed by atoms with Crippen molar-refractivity contribution in [2.24, 2.45) is 0 Å². The third kappa shape index (κ3) is 8.83. The number of rotatable bonds is 9. The number of halogens is 1. The van der Waals surface area contributed by atoms with Crippen LogP contribution in [0.5, 0.6) is 0 Å². The Kier molecular flexibility index (Phi) is 10.7. The highest BCUT2D eigenvalue weighted by molar-refractivity contribution is 8.01. The second-order valence-electron chi connectivity index (χ2n) is 5.03. The van der Waals surface area contributed by atoms with Gasteiger partial charge in [0.05, 0.1) is 11.0 Å². The van der Waals surface area contributed by atoms with E-state index >= 15 is 0 Å². The Hall–Kier alpha value is -1.25. The topological polar surface area (TPSA) is 96.3 Å². The molecule has 1 rings (SSSR count). The van der Waals surface area contributed by atoms with E-state index in [9.17, 15) is 9.59 Å². The maximum atomic E-state index is 11.9. The number of anilines is 1. The molecule has 1 aromatic heterocycles. The Balaban J connectivity index is 0.00000484. The van der Waals surface area contributed by atoms with Gasteiger partial charge in [-0.2, -0.15) is 0 Å². The van der Waals surface area contributed by atoms with Crippen LogP contribution in [-0.4, -0.2) is 47.1 Å². The third-order valence-corrected chi connectivity index (χ3v) is 4.01. The zero-order chi connectivity index (χ0) is 16.5. The largest absolute Gasteiger partial charge is 0.360 e. The van der Waals surface area contributed by atoms with Gasteiger partial charge < -0.3 is 20.5 Å². The third-order valence-electron chi connectivity index (χ3n) is 2.87. The highest BCUT2D eigenvalue weighted by Gasteiger charge is 2.16. The summed E-state index contributed by atoms with van der Waals surface area (Å²) in [5, 5.41) is 12.0. The summed E-state index contributed by atoms with van der Waals surface area (Å²) >= 11 is 1.28. The predicted molar refractivity (Wildman–Crippen MR) is 95.2 cm³/mol. The van der Waals surface area contributed by atoms with Gasteiger partial charge in [0.25, 0.3) is 0 Å². The molecule has 0 aliphatic carbocycles. The number of aromatic nitrogens is 1. The van der Waals surface area contributed by atoms with E-state index in [1.807, 2.05) is 13.8 Å². The summed E-state index contributed by atoms with van der Waals surface area (Å²) in [5.74, 6) is 0.980. The van der Waals surface area contributed by atoms with Crippen LogP contribution in [0, 0.1) is 6.92 Å². The van der Waals surface area contributed by atoms with E-state index in [4.69, 9.17) is 4.52 Å². The molecule has 7 nitrogen and oxygen atoms in total.